The average molecular weight is 235 g/mol. The van der Waals surface area contributed by atoms with Crippen LogP contribution < -0.4 is 4.74 Å². The van der Waals surface area contributed by atoms with Gasteiger partial charge in [-0.25, -0.2) is 0 Å². The molecule has 82 valence electrons. The van der Waals surface area contributed by atoms with Crippen molar-refractivity contribution in [1.29, 1.82) is 0 Å². The highest BCUT2D eigenvalue weighted by atomic mass is 35.5. The Morgan fingerprint density at radius 2 is 1.88 bits per heavy atom. The van der Waals surface area contributed by atoms with Gasteiger partial charge in [-0.1, -0.05) is 24.3 Å². The molecule has 0 N–H and O–H groups in total. The maximum absolute atomic E-state index is 11.3. The van der Waals surface area contributed by atoms with Crippen LogP contribution in [0.4, 0.5) is 0 Å². The molecule has 0 fully saturated rings. The molecule has 0 aromatic heterocycles. The molecule has 0 aliphatic rings. The summed E-state index contributed by atoms with van der Waals surface area (Å²) >= 11 is 5.53. The minimum atomic E-state index is -0.445. The van der Waals surface area contributed by atoms with E-state index in [4.69, 9.17) is 16.3 Å². The van der Waals surface area contributed by atoms with E-state index in [1.54, 1.807) is 12.1 Å². The molecule has 0 aliphatic heterocycles. The predicted molar refractivity (Wildman–Crippen MR) is 65.3 cm³/mol. The summed E-state index contributed by atoms with van der Waals surface area (Å²) in [4.78, 5) is 11.3. The quantitative estimate of drug-likeness (QED) is 0.759. The van der Waals surface area contributed by atoms with Crippen LogP contribution in [0.1, 0.15) is 17.3 Å². The lowest BCUT2D eigenvalue weighted by molar-refractivity contribution is 0.108. The number of carbonyl (C=O) groups excluding carboxylic acids is 1. The molecule has 0 saturated heterocycles. The lowest BCUT2D eigenvalue weighted by Gasteiger charge is -2.09. The second kappa shape index (κ2) is 4.54. The zero-order valence-corrected chi connectivity index (χ0v) is 9.62. The molecular weight excluding hydrogens is 224 g/mol. The van der Waals surface area contributed by atoms with Crippen LogP contribution in [0.3, 0.4) is 0 Å². The summed E-state index contributed by atoms with van der Waals surface area (Å²) in [5.41, 5.74) is 0.515. The van der Waals surface area contributed by atoms with Gasteiger partial charge in [0.05, 0.1) is 6.61 Å². The number of carbonyl (C=O) groups is 1. The molecule has 2 aromatic rings. The molecule has 0 spiro atoms. The second-order valence-corrected chi connectivity index (χ2v) is 3.71. The van der Waals surface area contributed by atoms with Gasteiger partial charge in [0.25, 0.3) is 5.24 Å². The van der Waals surface area contributed by atoms with E-state index in [1.807, 2.05) is 31.2 Å². The number of ether oxygens (including phenoxy) is 1. The summed E-state index contributed by atoms with van der Waals surface area (Å²) in [6.45, 7) is 2.52. The fourth-order valence-corrected chi connectivity index (χ4v) is 1.89. The van der Waals surface area contributed by atoms with Gasteiger partial charge in [-0.05, 0) is 36.0 Å². The van der Waals surface area contributed by atoms with E-state index < -0.39 is 5.24 Å². The second-order valence-electron chi connectivity index (χ2n) is 3.36. The summed E-state index contributed by atoms with van der Waals surface area (Å²) in [6, 6.07) is 11.1. The molecule has 0 radical (unpaired) electrons. The third kappa shape index (κ3) is 1.89. The molecule has 0 unspecified atom stereocenters. The Bertz CT molecular complexity index is 534. The van der Waals surface area contributed by atoms with E-state index in [0.717, 1.165) is 16.5 Å². The number of benzene rings is 2. The molecule has 0 aliphatic carbocycles. The van der Waals surface area contributed by atoms with E-state index >= 15 is 0 Å². The topological polar surface area (TPSA) is 26.3 Å². The van der Waals surface area contributed by atoms with Crippen LogP contribution in [0.15, 0.2) is 36.4 Å². The number of fused-ring (bicyclic) bond motifs is 1. The van der Waals surface area contributed by atoms with Gasteiger partial charge in [0.2, 0.25) is 0 Å². The van der Waals surface area contributed by atoms with Crippen molar-refractivity contribution in [3.63, 3.8) is 0 Å². The Kier molecular flexibility index (Phi) is 3.11. The van der Waals surface area contributed by atoms with E-state index in [2.05, 4.69) is 0 Å². The summed E-state index contributed by atoms with van der Waals surface area (Å²) in [5, 5.41) is 1.29. The summed E-state index contributed by atoms with van der Waals surface area (Å²) < 4.78 is 5.50. The first-order chi connectivity index (χ1) is 7.74. The maximum Gasteiger partial charge on any atom is 0.253 e. The fourth-order valence-electron chi connectivity index (χ4n) is 1.72. The monoisotopic (exact) mass is 234 g/mol. The number of hydrogen-bond acceptors (Lipinski definition) is 2. The van der Waals surface area contributed by atoms with Gasteiger partial charge in [-0.2, -0.15) is 0 Å². The zero-order valence-electron chi connectivity index (χ0n) is 8.87. The van der Waals surface area contributed by atoms with Gasteiger partial charge >= 0.3 is 0 Å². The van der Waals surface area contributed by atoms with Crippen molar-refractivity contribution < 1.29 is 9.53 Å². The maximum atomic E-state index is 11.3. The lowest BCUT2D eigenvalue weighted by Crippen LogP contribution is -1.96. The first-order valence-corrected chi connectivity index (χ1v) is 5.46. The molecule has 2 rings (SSSR count). The van der Waals surface area contributed by atoms with Gasteiger partial charge in [0.1, 0.15) is 5.75 Å². The highest BCUT2D eigenvalue weighted by Crippen LogP contribution is 2.29. The van der Waals surface area contributed by atoms with Crippen LogP contribution in [0.25, 0.3) is 10.8 Å². The fraction of sp³-hybridized carbons (Fsp3) is 0.154. The highest BCUT2D eigenvalue weighted by Gasteiger charge is 2.10. The molecule has 0 bridgehead atoms. The van der Waals surface area contributed by atoms with Gasteiger partial charge < -0.3 is 4.74 Å². The van der Waals surface area contributed by atoms with Crippen LogP contribution in [0.2, 0.25) is 0 Å². The lowest BCUT2D eigenvalue weighted by atomic mass is 10.0. The normalized spacial score (nSPS) is 10.4. The van der Waals surface area contributed by atoms with Crippen molar-refractivity contribution in [2.45, 2.75) is 6.92 Å². The molecule has 0 saturated carbocycles. The first kappa shape index (κ1) is 11.0. The van der Waals surface area contributed by atoms with Crippen LogP contribution in [-0.2, 0) is 0 Å². The van der Waals surface area contributed by atoms with Crippen molar-refractivity contribution in [2.75, 3.05) is 6.61 Å². The number of hydrogen-bond donors (Lipinski definition) is 0. The molecule has 0 amide bonds. The van der Waals surface area contributed by atoms with Gasteiger partial charge in [-0.3, -0.25) is 4.79 Å². The van der Waals surface area contributed by atoms with Crippen molar-refractivity contribution in [2.24, 2.45) is 0 Å². The van der Waals surface area contributed by atoms with Gasteiger partial charge in [0, 0.05) is 10.9 Å². The Morgan fingerprint density at radius 1 is 1.19 bits per heavy atom. The smallest absolute Gasteiger partial charge is 0.253 e. The van der Waals surface area contributed by atoms with Crippen LogP contribution in [0, 0.1) is 0 Å². The van der Waals surface area contributed by atoms with Gasteiger partial charge in [-0.15, -0.1) is 0 Å². The Balaban J connectivity index is 2.71. The predicted octanol–water partition coefficient (Wildman–Crippen LogP) is 3.62. The SMILES string of the molecule is CCOc1ccc(C(=O)Cl)c2ccccc12. The van der Waals surface area contributed by atoms with Crippen molar-refractivity contribution in [1.82, 2.24) is 0 Å². The Morgan fingerprint density at radius 3 is 2.50 bits per heavy atom. The van der Waals surface area contributed by atoms with Crippen LogP contribution in [-0.4, -0.2) is 11.8 Å². The molecular formula is C13H11ClO2. The number of halogens is 1. The molecule has 0 atom stereocenters. The molecule has 16 heavy (non-hydrogen) atoms. The Labute approximate surface area is 98.8 Å². The zero-order chi connectivity index (χ0) is 11.5. The van der Waals surface area contributed by atoms with Crippen molar-refractivity contribution in [3.05, 3.63) is 42.0 Å². The number of rotatable bonds is 3. The molecule has 0 heterocycles. The van der Waals surface area contributed by atoms with Crippen molar-refractivity contribution >= 4 is 27.6 Å². The van der Waals surface area contributed by atoms with E-state index in [9.17, 15) is 4.79 Å². The largest absolute Gasteiger partial charge is 0.493 e. The minimum Gasteiger partial charge on any atom is -0.493 e. The van der Waals surface area contributed by atoms with Crippen LogP contribution in [0.5, 0.6) is 5.75 Å². The van der Waals surface area contributed by atoms with Crippen LogP contribution >= 0.6 is 11.6 Å². The first-order valence-electron chi connectivity index (χ1n) is 5.08. The van der Waals surface area contributed by atoms with Gasteiger partial charge in [0.15, 0.2) is 0 Å². The molecule has 3 heteroatoms. The minimum absolute atomic E-state index is 0.445. The average Bonchev–Trinajstić information content (AvgIpc) is 2.29. The molecule has 2 nitrogen and oxygen atoms in total. The van der Waals surface area contributed by atoms with Crippen molar-refractivity contribution in [3.8, 4) is 5.75 Å². The van der Waals surface area contributed by atoms with E-state index in [0.29, 0.717) is 12.2 Å². The third-order valence-corrected chi connectivity index (χ3v) is 2.60. The Hall–Kier alpha value is -1.54. The summed E-state index contributed by atoms with van der Waals surface area (Å²) in [5.74, 6) is 0.778. The van der Waals surface area contributed by atoms with E-state index in [1.165, 1.54) is 0 Å². The summed E-state index contributed by atoms with van der Waals surface area (Å²) in [6.07, 6.45) is 0. The summed E-state index contributed by atoms with van der Waals surface area (Å²) in [7, 11) is 0. The standard InChI is InChI=1S/C13H11ClO2/c1-2-16-12-8-7-11(13(14)15)9-5-3-4-6-10(9)12/h3-8H,2H2,1H3. The highest BCUT2D eigenvalue weighted by molar-refractivity contribution is 6.68. The van der Waals surface area contributed by atoms with E-state index in [-0.39, 0.29) is 0 Å². The third-order valence-electron chi connectivity index (χ3n) is 2.40. The molecule has 2 aromatic carbocycles.